The van der Waals surface area contributed by atoms with Crippen molar-refractivity contribution in [2.24, 2.45) is 5.73 Å². The third-order valence-electron chi connectivity index (χ3n) is 4.00. The number of benzene rings is 1. The quantitative estimate of drug-likeness (QED) is 0.787. The molecule has 1 saturated heterocycles. The van der Waals surface area contributed by atoms with Gasteiger partial charge in [-0.25, -0.2) is 8.42 Å². The molecule has 1 aliphatic rings. The second-order valence-corrected chi connectivity index (χ2v) is 10.0. The lowest BCUT2D eigenvalue weighted by atomic mass is 10.2. The van der Waals surface area contributed by atoms with E-state index in [1.165, 1.54) is 29.1 Å². The number of nitrogens with zero attached hydrogens (tertiary/aromatic N) is 1. The summed E-state index contributed by atoms with van der Waals surface area (Å²) in [4.78, 5) is 12.3. The van der Waals surface area contributed by atoms with Gasteiger partial charge in [-0.3, -0.25) is 4.79 Å². The molecule has 2 heterocycles. The van der Waals surface area contributed by atoms with Crippen molar-refractivity contribution in [1.29, 1.82) is 0 Å². The van der Waals surface area contributed by atoms with Crippen molar-refractivity contribution >= 4 is 39.0 Å². The van der Waals surface area contributed by atoms with Gasteiger partial charge in [-0.2, -0.15) is 16.1 Å². The maximum Gasteiger partial charge on any atom is 0.255 e. The molecule has 1 aromatic heterocycles. The number of thioether (sulfide) groups is 1. The van der Waals surface area contributed by atoms with Crippen molar-refractivity contribution in [3.05, 3.63) is 46.7 Å². The van der Waals surface area contributed by atoms with Crippen molar-refractivity contribution in [2.45, 2.75) is 16.6 Å². The Bertz CT molecular complexity index is 835. The monoisotopic (exact) mass is 412 g/mol. The third kappa shape index (κ3) is 4.59. The fraction of sp³-hybridized carbons (Fsp3) is 0.353. The Kier molecular flexibility index (Phi) is 6.23. The highest BCUT2D eigenvalue weighted by molar-refractivity contribution is 7.99. The number of hydrogen-bond acceptors (Lipinski definition) is 6. The molecule has 6 nitrogen and oxygen atoms in total. The zero-order valence-corrected chi connectivity index (χ0v) is 16.5. The Morgan fingerprint density at radius 2 is 2.00 bits per heavy atom. The van der Waals surface area contributed by atoms with Crippen molar-refractivity contribution in [3.8, 4) is 5.75 Å². The number of nitrogens with two attached hydrogens (primary N) is 1. The SMILES string of the molecule is NC(=O)COc1ccc(S(=O)(=O)N2CCS[C@@H](c3cccs3)CC2)cc1. The van der Waals surface area contributed by atoms with E-state index in [9.17, 15) is 13.2 Å². The van der Waals surface area contributed by atoms with Crippen LogP contribution in [0.15, 0.2) is 46.7 Å². The number of rotatable bonds is 6. The first-order chi connectivity index (χ1) is 12.5. The fourth-order valence-electron chi connectivity index (χ4n) is 2.70. The van der Waals surface area contributed by atoms with Gasteiger partial charge in [0.05, 0.1) is 4.90 Å². The second kappa shape index (κ2) is 8.43. The first kappa shape index (κ1) is 19.2. The van der Waals surface area contributed by atoms with Crippen LogP contribution >= 0.6 is 23.1 Å². The van der Waals surface area contributed by atoms with E-state index in [0.29, 0.717) is 24.1 Å². The van der Waals surface area contributed by atoms with E-state index in [-0.39, 0.29) is 11.5 Å². The molecule has 1 amide bonds. The largest absolute Gasteiger partial charge is 0.484 e. The van der Waals surface area contributed by atoms with E-state index in [2.05, 4.69) is 11.4 Å². The van der Waals surface area contributed by atoms with Crippen LogP contribution in [-0.4, -0.2) is 44.1 Å². The second-order valence-electron chi connectivity index (χ2n) is 5.79. The van der Waals surface area contributed by atoms with Crippen molar-refractivity contribution in [3.63, 3.8) is 0 Å². The molecular formula is C17H20N2O4S3. The Hall–Kier alpha value is -1.55. The summed E-state index contributed by atoms with van der Waals surface area (Å²) in [5, 5.41) is 2.40. The summed E-state index contributed by atoms with van der Waals surface area (Å²) in [6.07, 6.45) is 0.796. The first-order valence-corrected chi connectivity index (χ1v) is 11.5. The van der Waals surface area contributed by atoms with Gasteiger partial charge >= 0.3 is 0 Å². The van der Waals surface area contributed by atoms with Gasteiger partial charge in [-0.15, -0.1) is 11.3 Å². The lowest BCUT2D eigenvalue weighted by molar-refractivity contribution is -0.119. The molecule has 1 aliphatic heterocycles. The predicted molar refractivity (Wildman–Crippen MR) is 104 cm³/mol. The normalized spacial score (nSPS) is 19.0. The molecule has 2 aromatic rings. The zero-order valence-electron chi connectivity index (χ0n) is 14.0. The summed E-state index contributed by atoms with van der Waals surface area (Å²) in [6.45, 7) is 0.756. The number of amides is 1. The number of primary amides is 1. The van der Waals surface area contributed by atoms with Crippen molar-refractivity contribution < 1.29 is 17.9 Å². The lowest BCUT2D eigenvalue weighted by Gasteiger charge is -2.20. The lowest BCUT2D eigenvalue weighted by Crippen LogP contribution is -2.33. The summed E-state index contributed by atoms with van der Waals surface area (Å²) in [5.41, 5.74) is 5.03. The van der Waals surface area contributed by atoms with Gasteiger partial charge < -0.3 is 10.5 Å². The predicted octanol–water partition coefficient (Wildman–Crippen LogP) is 2.48. The minimum Gasteiger partial charge on any atom is -0.484 e. The van der Waals surface area contributed by atoms with Gasteiger partial charge in [0.15, 0.2) is 6.61 Å². The summed E-state index contributed by atoms with van der Waals surface area (Å²) in [5.74, 6) is 0.595. The van der Waals surface area contributed by atoms with Crippen molar-refractivity contribution in [2.75, 3.05) is 25.4 Å². The van der Waals surface area contributed by atoms with Crippen LogP contribution in [0.4, 0.5) is 0 Å². The fourth-order valence-corrected chi connectivity index (χ4v) is 6.51. The van der Waals surface area contributed by atoms with Crippen LogP contribution in [-0.2, 0) is 14.8 Å². The molecule has 2 N–H and O–H groups in total. The Morgan fingerprint density at radius 3 is 2.65 bits per heavy atom. The van der Waals surface area contributed by atoms with E-state index in [1.807, 2.05) is 17.8 Å². The molecule has 0 unspecified atom stereocenters. The molecular weight excluding hydrogens is 392 g/mol. The van der Waals surface area contributed by atoms with E-state index in [1.54, 1.807) is 15.6 Å². The molecule has 9 heteroatoms. The molecule has 3 rings (SSSR count). The average Bonchev–Trinajstić information content (AvgIpc) is 3.04. The molecule has 1 aromatic carbocycles. The first-order valence-electron chi connectivity index (χ1n) is 8.13. The number of sulfonamides is 1. The number of ether oxygens (including phenoxy) is 1. The highest BCUT2D eigenvalue weighted by Gasteiger charge is 2.28. The van der Waals surface area contributed by atoms with Gasteiger partial charge in [0.2, 0.25) is 10.0 Å². The smallest absolute Gasteiger partial charge is 0.255 e. The molecule has 1 atom stereocenters. The van der Waals surface area contributed by atoms with Crippen LogP contribution in [0.5, 0.6) is 5.75 Å². The van der Waals surface area contributed by atoms with Gasteiger partial charge in [0, 0.05) is 29.0 Å². The van der Waals surface area contributed by atoms with Gasteiger partial charge in [0.25, 0.3) is 5.91 Å². The highest BCUT2D eigenvalue weighted by atomic mass is 32.2. The van der Waals surface area contributed by atoms with Crippen LogP contribution in [0.25, 0.3) is 0 Å². The third-order valence-corrected chi connectivity index (χ3v) is 8.36. The summed E-state index contributed by atoms with van der Waals surface area (Å²) in [6, 6.07) is 10.2. The van der Waals surface area contributed by atoms with Gasteiger partial charge in [-0.05, 0) is 42.1 Å². The Morgan fingerprint density at radius 1 is 1.23 bits per heavy atom. The Balaban J connectivity index is 1.68. The molecule has 1 fully saturated rings. The molecule has 0 bridgehead atoms. The number of carbonyl (C=O) groups excluding carboxylic acids is 1. The van der Waals surface area contributed by atoms with Crippen LogP contribution in [0.1, 0.15) is 16.5 Å². The minimum atomic E-state index is -3.55. The molecule has 26 heavy (non-hydrogen) atoms. The summed E-state index contributed by atoms with van der Waals surface area (Å²) >= 11 is 3.53. The number of hydrogen-bond donors (Lipinski definition) is 1. The molecule has 0 spiro atoms. The topological polar surface area (TPSA) is 89.7 Å². The van der Waals surface area contributed by atoms with Crippen LogP contribution in [0.3, 0.4) is 0 Å². The molecule has 0 radical (unpaired) electrons. The summed E-state index contributed by atoms with van der Waals surface area (Å²) < 4.78 is 32.5. The number of thiophene rings is 1. The van der Waals surface area contributed by atoms with E-state index >= 15 is 0 Å². The maximum atomic E-state index is 12.9. The van der Waals surface area contributed by atoms with Crippen molar-refractivity contribution in [1.82, 2.24) is 4.31 Å². The zero-order chi connectivity index (χ0) is 18.6. The summed E-state index contributed by atoms with van der Waals surface area (Å²) in [7, 11) is -3.55. The van der Waals surface area contributed by atoms with Gasteiger partial charge in [-0.1, -0.05) is 6.07 Å². The average molecular weight is 413 g/mol. The van der Waals surface area contributed by atoms with E-state index in [4.69, 9.17) is 10.5 Å². The van der Waals surface area contributed by atoms with Crippen LogP contribution in [0.2, 0.25) is 0 Å². The standard InChI is InChI=1S/C17H20N2O4S3/c18-17(20)12-23-13-3-5-14(6-4-13)26(21,22)19-8-7-16(25-11-9-19)15-2-1-10-24-15/h1-6,10,16H,7-9,11-12H2,(H2,18,20)/t16-/m1/s1. The Labute approximate surface area is 161 Å². The van der Waals surface area contributed by atoms with Gasteiger partial charge in [0.1, 0.15) is 5.75 Å². The molecule has 0 aliphatic carbocycles. The van der Waals surface area contributed by atoms with Crippen LogP contribution in [0, 0.1) is 0 Å². The minimum absolute atomic E-state index is 0.225. The van der Waals surface area contributed by atoms with Crippen LogP contribution < -0.4 is 10.5 Å². The molecule has 0 saturated carbocycles. The maximum absolute atomic E-state index is 12.9. The number of carbonyl (C=O) groups is 1. The van der Waals surface area contributed by atoms with E-state index < -0.39 is 15.9 Å². The van der Waals surface area contributed by atoms with E-state index in [0.717, 1.165) is 12.2 Å². The molecule has 140 valence electrons. The highest BCUT2D eigenvalue weighted by Crippen LogP contribution is 2.37.